The summed E-state index contributed by atoms with van der Waals surface area (Å²) >= 11 is 0. The molecule has 0 atom stereocenters. The Morgan fingerprint density at radius 2 is 2.23 bits per heavy atom. The molecule has 0 radical (unpaired) electrons. The molecule has 13 heavy (non-hydrogen) atoms. The first-order valence-corrected chi connectivity index (χ1v) is 4.44. The van der Waals surface area contributed by atoms with Gasteiger partial charge in [-0.1, -0.05) is 6.92 Å². The van der Waals surface area contributed by atoms with Crippen LogP contribution in [0.25, 0.3) is 11.2 Å². The van der Waals surface area contributed by atoms with Gasteiger partial charge in [0, 0.05) is 13.5 Å². The molecule has 0 aliphatic heterocycles. The Balaban J connectivity index is 2.50. The molecule has 0 unspecified atom stereocenters. The Bertz CT molecular complexity index is 418. The lowest BCUT2D eigenvalue weighted by molar-refractivity contribution is 0.840. The second-order valence-electron chi connectivity index (χ2n) is 3.10. The van der Waals surface area contributed by atoms with Crippen molar-refractivity contribution in [2.45, 2.75) is 19.8 Å². The molecule has 0 bridgehead atoms. The normalized spacial score (nSPS) is 10.9. The zero-order valence-corrected chi connectivity index (χ0v) is 7.86. The van der Waals surface area contributed by atoms with E-state index in [4.69, 9.17) is 0 Å². The minimum Gasteiger partial charge on any atom is -0.331 e. The second-order valence-corrected chi connectivity index (χ2v) is 3.10. The lowest BCUT2D eigenvalue weighted by Gasteiger charge is -1.96. The van der Waals surface area contributed by atoms with Crippen molar-refractivity contribution in [1.82, 2.24) is 19.5 Å². The summed E-state index contributed by atoms with van der Waals surface area (Å²) in [5.41, 5.74) is 1.78. The Morgan fingerprint density at radius 1 is 1.38 bits per heavy atom. The first-order valence-electron chi connectivity index (χ1n) is 4.44. The van der Waals surface area contributed by atoms with E-state index in [0.29, 0.717) is 0 Å². The van der Waals surface area contributed by atoms with Gasteiger partial charge in [0.25, 0.3) is 0 Å². The standard InChI is InChI=1S/C9H12N4/c1-3-4-8-10-5-7-9(12-8)11-6-13(7)2/h5-6H,3-4H2,1-2H3. The largest absolute Gasteiger partial charge is 0.331 e. The van der Waals surface area contributed by atoms with Crippen LogP contribution in [0, 0.1) is 0 Å². The number of aryl methyl sites for hydroxylation is 2. The van der Waals surface area contributed by atoms with Gasteiger partial charge in [0.15, 0.2) is 5.65 Å². The van der Waals surface area contributed by atoms with E-state index in [0.717, 1.165) is 29.8 Å². The maximum Gasteiger partial charge on any atom is 0.180 e. The van der Waals surface area contributed by atoms with Crippen molar-refractivity contribution < 1.29 is 0 Å². The molecule has 4 heteroatoms. The van der Waals surface area contributed by atoms with E-state index < -0.39 is 0 Å². The Morgan fingerprint density at radius 3 is 3.00 bits per heavy atom. The van der Waals surface area contributed by atoms with Crippen LogP contribution >= 0.6 is 0 Å². The van der Waals surface area contributed by atoms with Crippen molar-refractivity contribution >= 4 is 11.2 Å². The highest BCUT2D eigenvalue weighted by Crippen LogP contribution is 2.07. The van der Waals surface area contributed by atoms with E-state index in [-0.39, 0.29) is 0 Å². The Labute approximate surface area is 76.7 Å². The third-order valence-corrected chi connectivity index (χ3v) is 2.01. The van der Waals surface area contributed by atoms with Gasteiger partial charge in [0.1, 0.15) is 11.3 Å². The highest BCUT2D eigenvalue weighted by molar-refractivity contribution is 5.69. The summed E-state index contributed by atoms with van der Waals surface area (Å²) in [7, 11) is 1.94. The molecule has 0 aliphatic carbocycles. The van der Waals surface area contributed by atoms with Gasteiger partial charge in [-0.25, -0.2) is 15.0 Å². The first kappa shape index (κ1) is 8.16. The minimum absolute atomic E-state index is 0.793. The monoisotopic (exact) mass is 176 g/mol. The smallest absolute Gasteiger partial charge is 0.180 e. The Kier molecular flexibility index (Phi) is 1.96. The van der Waals surface area contributed by atoms with Crippen LogP contribution in [0.3, 0.4) is 0 Å². The fourth-order valence-corrected chi connectivity index (χ4v) is 1.29. The van der Waals surface area contributed by atoms with Crippen LogP contribution in [-0.4, -0.2) is 19.5 Å². The predicted molar refractivity (Wildman–Crippen MR) is 50.3 cm³/mol. The summed E-state index contributed by atoms with van der Waals surface area (Å²) in [6.07, 6.45) is 5.58. The number of aromatic nitrogens is 4. The summed E-state index contributed by atoms with van der Waals surface area (Å²) in [6.45, 7) is 2.12. The molecule has 0 N–H and O–H groups in total. The maximum atomic E-state index is 4.34. The summed E-state index contributed by atoms with van der Waals surface area (Å²) in [5.74, 6) is 0.883. The SMILES string of the molecule is CCCc1ncc2c(ncn2C)n1. The van der Waals surface area contributed by atoms with E-state index in [1.54, 1.807) is 6.33 Å². The van der Waals surface area contributed by atoms with E-state index in [1.165, 1.54) is 0 Å². The zero-order valence-electron chi connectivity index (χ0n) is 7.86. The van der Waals surface area contributed by atoms with Gasteiger partial charge >= 0.3 is 0 Å². The van der Waals surface area contributed by atoms with Crippen LogP contribution in [0.2, 0.25) is 0 Å². The average molecular weight is 176 g/mol. The van der Waals surface area contributed by atoms with Crippen LogP contribution in [0.15, 0.2) is 12.5 Å². The van der Waals surface area contributed by atoms with Crippen molar-refractivity contribution in [2.75, 3.05) is 0 Å². The molecular formula is C9H12N4. The van der Waals surface area contributed by atoms with Gasteiger partial charge in [-0.15, -0.1) is 0 Å². The molecule has 0 fully saturated rings. The molecule has 0 aromatic carbocycles. The maximum absolute atomic E-state index is 4.34. The van der Waals surface area contributed by atoms with Crippen LogP contribution in [0.4, 0.5) is 0 Å². The van der Waals surface area contributed by atoms with Crippen LogP contribution in [0.5, 0.6) is 0 Å². The number of hydrogen-bond acceptors (Lipinski definition) is 3. The van der Waals surface area contributed by atoms with Gasteiger partial charge in [-0.3, -0.25) is 0 Å². The van der Waals surface area contributed by atoms with Gasteiger partial charge in [-0.05, 0) is 6.42 Å². The second kappa shape index (κ2) is 3.12. The van der Waals surface area contributed by atoms with Gasteiger partial charge in [0.05, 0.1) is 12.5 Å². The van der Waals surface area contributed by atoms with E-state index in [2.05, 4.69) is 21.9 Å². The molecule has 2 rings (SSSR count). The molecule has 2 aromatic heterocycles. The van der Waals surface area contributed by atoms with Crippen molar-refractivity contribution in [1.29, 1.82) is 0 Å². The molecule has 0 saturated heterocycles. The third kappa shape index (κ3) is 1.39. The fourth-order valence-electron chi connectivity index (χ4n) is 1.29. The number of hydrogen-bond donors (Lipinski definition) is 0. The summed E-state index contributed by atoms with van der Waals surface area (Å²) in [4.78, 5) is 12.8. The zero-order chi connectivity index (χ0) is 9.26. The van der Waals surface area contributed by atoms with Crippen molar-refractivity contribution in [3.63, 3.8) is 0 Å². The summed E-state index contributed by atoms with van der Waals surface area (Å²) in [5, 5.41) is 0. The molecule has 0 aliphatic rings. The molecule has 0 saturated carbocycles. The molecule has 0 amide bonds. The number of rotatable bonds is 2. The fraction of sp³-hybridized carbons (Fsp3) is 0.444. The van der Waals surface area contributed by atoms with Crippen molar-refractivity contribution in [3.8, 4) is 0 Å². The van der Waals surface area contributed by atoms with E-state index in [9.17, 15) is 0 Å². The Hall–Kier alpha value is -1.45. The average Bonchev–Trinajstić information content (AvgIpc) is 2.48. The van der Waals surface area contributed by atoms with E-state index >= 15 is 0 Å². The molecular weight excluding hydrogens is 164 g/mol. The highest BCUT2D eigenvalue weighted by atomic mass is 15.1. The third-order valence-electron chi connectivity index (χ3n) is 2.01. The van der Waals surface area contributed by atoms with Gasteiger partial charge in [0.2, 0.25) is 0 Å². The number of fused-ring (bicyclic) bond motifs is 1. The molecule has 2 heterocycles. The number of imidazole rings is 1. The van der Waals surface area contributed by atoms with E-state index in [1.807, 2.05) is 17.8 Å². The predicted octanol–water partition coefficient (Wildman–Crippen LogP) is 1.32. The minimum atomic E-state index is 0.793. The molecule has 2 aromatic rings. The topological polar surface area (TPSA) is 43.6 Å². The van der Waals surface area contributed by atoms with Crippen LogP contribution < -0.4 is 0 Å². The van der Waals surface area contributed by atoms with Crippen LogP contribution in [-0.2, 0) is 13.5 Å². The molecule has 0 spiro atoms. The molecule has 68 valence electrons. The number of nitrogens with zero attached hydrogens (tertiary/aromatic N) is 4. The highest BCUT2D eigenvalue weighted by Gasteiger charge is 2.02. The lowest BCUT2D eigenvalue weighted by atomic mass is 10.3. The van der Waals surface area contributed by atoms with Crippen LogP contribution in [0.1, 0.15) is 19.2 Å². The van der Waals surface area contributed by atoms with Gasteiger partial charge < -0.3 is 4.57 Å². The van der Waals surface area contributed by atoms with Crippen molar-refractivity contribution in [2.24, 2.45) is 7.05 Å². The summed E-state index contributed by atoms with van der Waals surface area (Å²) in [6, 6.07) is 0. The molecule has 4 nitrogen and oxygen atoms in total. The van der Waals surface area contributed by atoms with Gasteiger partial charge in [-0.2, -0.15) is 0 Å². The van der Waals surface area contributed by atoms with Crippen molar-refractivity contribution in [3.05, 3.63) is 18.3 Å². The lowest BCUT2D eigenvalue weighted by Crippen LogP contribution is -1.95. The quantitative estimate of drug-likeness (QED) is 0.693. The first-order chi connectivity index (χ1) is 6.31. The summed E-state index contributed by atoms with van der Waals surface area (Å²) < 4.78 is 1.92.